The molecule has 1 aromatic carbocycles. The summed E-state index contributed by atoms with van der Waals surface area (Å²) in [5.41, 5.74) is 1.18. The predicted octanol–water partition coefficient (Wildman–Crippen LogP) is 1.85. The number of hydrogen-bond donors (Lipinski definition) is 2. The second-order valence-corrected chi connectivity index (χ2v) is 3.30. The maximum absolute atomic E-state index is 10.8. The molecule has 0 aliphatic rings. The van der Waals surface area contributed by atoms with Crippen molar-refractivity contribution in [2.45, 2.75) is 13.3 Å². The van der Waals surface area contributed by atoms with Gasteiger partial charge in [-0.25, -0.2) is 0 Å². The third kappa shape index (κ3) is 2.18. The maximum atomic E-state index is 10.8. The van der Waals surface area contributed by atoms with Crippen molar-refractivity contribution in [3.05, 3.63) is 35.9 Å². The van der Waals surface area contributed by atoms with Crippen LogP contribution in [0.25, 0.3) is 10.9 Å². The lowest BCUT2D eigenvalue weighted by molar-refractivity contribution is -0.118. The van der Waals surface area contributed by atoms with E-state index < -0.39 is 0 Å². The molecule has 3 nitrogen and oxygen atoms in total. The summed E-state index contributed by atoms with van der Waals surface area (Å²) in [6, 6.07) is -0.595. The van der Waals surface area contributed by atoms with Gasteiger partial charge in [-0.05, 0) is 18.0 Å². The van der Waals surface area contributed by atoms with Crippen LogP contribution >= 0.6 is 0 Å². The molecule has 0 unspecified atom stereocenters. The summed E-state index contributed by atoms with van der Waals surface area (Å²) < 4.78 is 31.0. The van der Waals surface area contributed by atoms with E-state index in [1.165, 1.54) is 6.92 Å². The molecule has 1 amide bonds. The first-order chi connectivity index (χ1) is 8.93. The Hall–Kier alpha value is -1.77. The van der Waals surface area contributed by atoms with Gasteiger partial charge in [0.15, 0.2) is 0 Å². The SMILES string of the molecule is [2H]c1c([2H])c([2H])c2c(CCNC(C)=O)c[nH]c2c1[2H]. The van der Waals surface area contributed by atoms with Gasteiger partial charge in [0, 0.05) is 30.6 Å². The van der Waals surface area contributed by atoms with Crippen LogP contribution in [0.5, 0.6) is 0 Å². The molecule has 15 heavy (non-hydrogen) atoms. The van der Waals surface area contributed by atoms with Crippen molar-refractivity contribution in [1.29, 1.82) is 0 Å². The summed E-state index contributed by atoms with van der Waals surface area (Å²) in [5, 5.41) is 3.16. The third-order valence-electron chi connectivity index (χ3n) is 2.17. The van der Waals surface area contributed by atoms with Crippen molar-refractivity contribution >= 4 is 16.8 Å². The molecule has 78 valence electrons. The third-order valence-corrected chi connectivity index (χ3v) is 2.17. The minimum atomic E-state index is -0.243. The molecule has 1 heterocycles. The lowest BCUT2D eigenvalue weighted by Gasteiger charge is -2.00. The van der Waals surface area contributed by atoms with Crippen LogP contribution in [-0.2, 0) is 11.2 Å². The smallest absolute Gasteiger partial charge is 0.216 e. The molecule has 0 saturated carbocycles. The van der Waals surface area contributed by atoms with Gasteiger partial charge in [0.2, 0.25) is 5.91 Å². The van der Waals surface area contributed by atoms with Crippen LogP contribution in [0.2, 0.25) is 0 Å². The van der Waals surface area contributed by atoms with Crippen molar-refractivity contribution in [1.82, 2.24) is 10.3 Å². The van der Waals surface area contributed by atoms with E-state index in [1.54, 1.807) is 6.20 Å². The van der Waals surface area contributed by atoms with Crippen LogP contribution in [-0.4, -0.2) is 17.4 Å². The molecule has 0 atom stereocenters. The molecule has 2 rings (SSSR count). The standard InChI is InChI=1S/C12H14N2O/c1-9(15)13-7-6-10-8-14-12-5-3-2-4-11(10)12/h2-5,8,14H,6-7H2,1H3,(H,13,15)/i2D,3D,4D,5D. The number of nitrogens with one attached hydrogen (secondary N) is 2. The molecule has 0 aliphatic heterocycles. The molecule has 0 radical (unpaired) electrons. The number of aromatic nitrogens is 1. The van der Waals surface area contributed by atoms with E-state index >= 15 is 0 Å². The minimum Gasteiger partial charge on any atom is -0.361 e. The van der Waals surface area contributed by atoms with Crippen molar-refractivity contribution < 1.29 is 10.3 Å². The molecule has 2 N–H and O–H groups in total. The van der Waals surface area contributed by atoms with Gasteiger partial charge in [-0.15, -0.1) is 0 Å². The minimum absolute atomic E-state index is 0.0462. The summed E-state index contributed by atoms with van der Waals surface area (Å²) in [6.07, 6.45) is 2.18. The number of fused-ring (bicyclic) bond motifs is 1. The Morgan fingerprint density at radius 3 is 3.13 bits per heavy atom. The number of aromatic amines is 1. The Morgan fingerprint density at radius 2 is 2.33 bits per heavy atom. The largest absolute Gasteiger partial charge is 0.361 e. The first-order valence-corrected chi connectivity index (χ1v) is 4.74. The fraction of sp³-hybridized carbons (Fsp3) is 0.250. The number of benzene rings is 1. The highest BCUT2D eigenvalue weighted by Gasteiger charge is 2.02. The Balaban J connectivity index is 2.45. The van der Waals surface area contributed by atoms with Crippen LogP contribution in [0.3, 0.4) is 0 Å². The zero-order chi connectivity index (χ0) is 14.2. The zero-order valence-corrected chi connectivity index (χ0v) is 8.40. The van der Waals surface area contributed by atoms with Gasteiger partial charge in [-0.2, -0.15) is 0 Å². The molecule has 0 spiro atoms. The Bertz CT molecular complexity index is 651. The van der Waals surface area contributed by atoms with E-state index in [9.17, 15) is 4.79 Å². The van der Waals surface area contributed by atoms with E-state index in [4.69, 9.17) is 5.48 Å². The highest BCUT2D eigenvalue weighted by molar-refractivity contribution is 5.83. The van der Waals surface area contributed by atoms with Crippen molar-refractivity contribution in [2.24, 2.45) is 0 Å². The van der Waals surface area contributed by atoms with Gasteiger partial charge in [-0.3, -0.25) is 4.79 Å². The van der Waals surface area contributed by atoms with Gasteiger partial charge in [-0.1, -0.05) is 18.1 Å². The summed E-state index contributed by atoms with van der Waals surface area (Å²) in [7, 11) is 0. The van der Waals surface area contributed by atoms with Gasteiger partial charge in [0.1, 0.15) is 0 Å². The van der Waals surface area contributed by atoms with Crippen LogP contribution in [0, 0.1) is 0 Å². The van der Waals surface area contributed by atoms with Crippen LogP contribution < -0.4 is 5.32 Å². The van der Waals surface area contributed by atoms with E-state index in [2.05, 4.69) is 10.3 Å². The highest BCUT2D eigenvalue weighted by atomic mass is 16.1. The number of carbonyl (C=O) groups is 1. The quantitative estimate of drug-likeness (QED) is 0.791. The van der Waals surface area contributed by atoms with Crippen LogP contribution in [0.15, 0.2) is 30.4 Å². The van der Waals surface area contributed by atoms with Crippen molar-refractivity contribution in [3.8, 4) is 0 Å². The van der Waals surface area contributed by atoms with Crippen molar-refractivity contribution in [2.75, 3.05) is 6.54 Å². The molecule has 3 heteroatoms. The van der Waals surface area contributed by atoms with E-state index in [0.29, 0.717) is 23.9 Å². The predicted molar refractivity (Wildman–Crippen MR) is 60.7 cm³/mol. The lowest BCUT2D eigenvalue weighted by atomic mass is 10.1. The first-order valence-electron chi connectivity index (χ1n) is 6.74. The summed E-state index contributed by atoms with van der Waals surface area (Å²) >= 11 is 0. The Kier molecular flexibility index (Phi) is 1.66. The lowest BCUT2D eigenvalue weighted by Crippen LogP contribution is -2.22. The number of rotatable bonds is 3. The second-order valence-electron chi connectivity index (χ2n) is 3.30. The molecule has 1 aromatic heterocycles. The monoisotopic (exact) mass is 206 g/mol. The maximum Gasteiger partial charge on any atom is 0.216 e. The molecule has 0 aliphatic carbocycles. The average molecular weight is 206 g/mol. The van der Waals surface area contributed by atoms with Gasteiger partial charge in [0.25, 0.3) is 0 Å². The number of carbonyl (C=O) groups excluding carboxylic acids is 1. The first kappa shape index (κ1) is 5.95. The van der Waals surface area contributed by atoms with Gasteiger partial charge in [0.05, 0.1) is 5.48 Å². The highest BCUT2D eigenvalue weighted by Crippen LogP contribution is 2.17. The molecule has 0 bridgehead atoms. The molecule has 0 fully saturated rings. The molecule has 0 saturated heterocycles. The van der Waals surface area contributed by atoms with Crippen molar-refractivity contribution in [3.63, 3.8) is 0 Å². The van der Waals surface area contributed by atoms with Crippen LogP contribution in [0.1, 0.15) is 18.0 Å². The topological polar surface area (TPSA) is 44.9 Å². The molecular weight excluding hydrogens is 188 g/mol. The van der Waals surface area contributed by atoms with Crippen LogP contribution in [0.4, 0.5) is 0 Å². The number of para-hydroxylation sites is 1. The van der Waals surface area contributed by atoms with Gasteiger partial charge < -0.3 is 10.3 Å². The second kappa shape index (κ2) is 4.17. The molecular formula is C12H14N2O. The Labute approximate surface area is 94.1 Å². The average Bonchev–Trinajstić information content (AvgIpc) is 2.77. The number of H-pyrrole nitrogens is 1. The summed E-state index contributed by atoms with van der Waals surface area (Å²) in [4.78, 5) is 13.7. The normalized spacial score (nSPS) is 14.2. The molecule has 2 aromatic rings. The summed E-state index contributed by atoms with van der Waals surface area (Å²) in [6.45, 7) is 1.87. The Morgan fingerprint density at radius 1 is 1.53 bits per heavy atom. The van der Waals surface area contributed by atoms with E-state index in [-0.39, 0.29) is 30.1 Å². The fourth-order valence-electron chi connectivity index (χ4n) is 1.46. The number of amides is 1. The summed E-state index contributed by atoms with van der Waals surface area (Å²) in [5.74, 6) is -0.123. The number of hydrogen-bond acceptors (Lipinski definition) is 1. The fourth-order valence-corrected chi connectivity index (χ4v) is 1.46. The van der Waals surface area contributed by atoms with E-state index in [0.717, 1.165) is 5.56 Å². The zero-order valence-electron chi connectivity index (χ0n) is 12.4. The van der Waals surface area contributed by atoms with Gasteiger partial charge >= 0.3 is 0 Å². The van der Waals surface area contributed by atoms with E-state index in [1.807, 2.05) is 0 Å².